The predicted octanol–water partition coefficient (Wildman–Crippen LogP) is -1.26. The first-order chi connectivity index (χ1) is 8.98. The van der Waals surface area contributed by atoms with E-state index >= 15 is 0 Å². The number of aryl methyl sites for hydroxylation is 1. The van der Waals surface area contributed by atoms with Crippen LogP contribution in [0.4, 0.5) is 5.69 Å². The van der Waals surface area contributed by atoms with Gasteiger partial charge in [-0.2, -0.15) is 0 Å². The quantitative estimate of drug-likeness (QED) is 0.524. The van der Waals surface area contributed by atoms with Crippen LogP contribution < -0.4 is 35.3 Å². The molecular formula is C13H13N2NaO3S. The third kappa shape index (κ3) is 2.58. The molecule has 1 aliphatic rings. The summed E-state index contributed by atoms with van der Waals surface area (Å²) >= 11 is 0. The standard InChI is InChI=1S/C13H14N2O3S.Na/c14-13-8-4-1-2-5-9(8)15-10-6-3-7-11(12(10)13)19(16,17)18;/h1-2,4-5,11H,3,6-7H2,(H2,14,15)(H,16,17,18);/q;+1/p-1. The van der Waals surface area contributed by atoms with Gasteiger partial charge in [0.2, 0.25) is 0 Å². The van der Waals surface area contributed by atoms with Crippen molar-refractivity contribution >= 4 is 26.7 Å². The van der Waals surface area contributed by atoms with Crippen molar-refractivity contribution in [3.8, 4) is 0 Å². The largest absolute Gasteiger partial charge is 1.00 e. The summed E-state index contributed by atoms with van der Waals surface area (Å²) in [6.07, 6.45) is 1.63. The van der Waals surface area contributed by atoms with Crippen LogP contribution in [0, 0.1) is 0 Å². The molecular weight excluding hydrogens is 287 g/mol. The minimum absolute atomic E-state index is 0. The number of para-hydroxylation sites is 1. The zero-order valence-corrected chi connectivity index (χ0v) is 14.0. The fourth-order valence-corrected chi connectivity index (χ4v) is 3.75. The third-order valence-electron chi connectivity index (χ3n) is 3.60. The molecule has 2 aromatic rings. The maximum atomic E-state index is 11.4. The summed E-state index contributed by atoms with van der Waals surface area (Å²) in [7, 11) is -4.40. The Balaban J connectivity index is 0.00000147. The molecule has 0 bridgehead atoms. The Kier molecular flexibility index (Phi) is 4.41. The topological polar surface area (TPSA) is 96.1 Å². The molecule has 1 heterocycles. The van der Waals surface area contributed by atoms with Crippen LogP contribution in [-0.4, -0.2) is 18.0 Å². The van der Waals surface area contributed by atoms with Gasteiger partial charge in [0.15, 0.2) is 0 Å². The first kappa shape index (κ1) is 15.7. The van der Waals surface area contributed by atoms with Crippen LogP contribution in [-0.2, 0) is 16.5 Å². The number of nitrogens with zero attached hydrogens (tertiary/aromatic N) is 1. The van der Waals surface area contributed by atoms with Gasteiger partial charge in [0, 0.05) is 22.3 Å². The molecule has 0 radical (unpaired) electrons. The number of nitrogen functional groups attached to an aromatic ring is 1. The van der Waals surface area contributed by atoms with Crippen molar-refractivity contribution in [2.45, 2.75) is 24.5 Å². The minimum atomic E-state index is -4.40. The molecule has 5 nitrogen and oxygen atoms in total. The molecule has 1 aliphatic carbocycles. The molecule has 0 saturated carbocycles. The van der Waals surface area contributed by atoms with E-state index in [-0.39, 0.29) is 29.6 Å². The Bertz CT molecular complexity index is 762. The van der Waals surface area contributed by atoms with Gasteiger partial charge >= 0.3 is 29.6 Å². The van der Waals surface area contributed by atoms with Crippen LogP contribution in [0.3, 0.4) is 0 Å². The fourth-order valence-electron chi connectivity index (χ4n) is 2.74. The van der Waals surface area contributed by atoms with E-state index in [1.165, 1.54) is 0 Å². The second-order valence-corrected chi connectivity index (χ2v) is 6.33. The number of pyridine rings is 1. The summed E-state index contributed by atoms with van der Waals surface area (Å²) in [6.45, 7) is 0. The molecule has 7 heteroatoms. The van der Waals surface area contributed by atoms with Gasteiger partial charge in [-0.15, -0.1) is 0 Å². The number of aromatic nitrogens is 1. The van der Waals surface area contributed by atoms with Crippen molar-refractivity contribution in [2.75, 3.05) is 5.73 Å². The Hall–Kier alpha value is -0.660. The van der Waals surface area contributed by atoms with E-state index in [9.17, 15) is 13.0 Å². The summed E-state index contributed by atoms with van der Waals surface area (Å²) in [4.78, 5) is 4.46. The average molecular weight is 300 g/mol. The molecule has 0 amide bonds. The van der Waals surface area contributed by atoms with E-state index in [0.717, 1.165) is 5.52 Å². The first-order valence-corrected chi connectivity index (χ1v) is 7.57. The van der Waals surface area contributed by atoms with Crippen molar-refractivity contribution in [3.05, 3.63) is 35.5 Å². The van der Waals surface area contributed by atoms with Gasteiger partial charge in [-0.1, -0.05) is 18.2 Å². The van der Waals surface area contributed by atoms with Gasteiger partial charge < -0.3 is 10.3 Å². The van der Waals surface area contributed by atoms with Crippen LogP contribution in [0.5, 0.6) is 0 Å². The number of fused-ring (bicyclic) bond motifs is 2. The number of hydrogen-bond donors (Lipinski definition) is 1. The number of rotatable bonds is 1. The average Bonchev–Trinajstić information content (AvgIpc) is 2.37. The fraction of sp³-hybridized carbons (Fsp3) is 0.308. The van der Waals surface area contributed by atoms with Crippen molar-refractivity contribution < 1.29 is 42.5 Å². The normalized spacial score (nSPS) is 18.4. The van der Waals surface area contributed by atoms with Gasteiger partial charge in [-0.3, -0.25) is 4.98 Å². The van der Waals surface area contributed by atoms with Crippen LogP contribution in [0.1, 0.15) is 29.3 Å². The van der Waals surface area contributed by atoms with E-state index in [1.807, 2.05) is 18.2 Å². The van der Waals surface area contributed by atoms with Gasteiger partial charge in [-0.05, 0) is 25.3 Å². The predicted molar refractivity (Wildman–Crippen MR) is 71.5 cm³/mol. The molecule has 100 valence electrons. The summed E-state index contributed by atoms with van der Waals surface area (Å²) in [5.41, 5.74) is 8.26. The van der Waals surface area contributed by atoms with Gasteiger partial charge in [0.05, 0.1) is 10.8 Å². The van der Waals surface area contributed by atoms with Crippen LogP contribution >= 0.6 is 0 Å². The van der Waals surface area contributed by atoms with Crippen molar-refractivity contribution in [3.63, 3.8) is 0 Å². The number of anilines is 1. The Labute approximate surface area is 139 Å². The van der Waals surface area contributed by atoms with Crippen LogP contribution in [0.15, 0.2) is 24.3 Å². The Morgan fingerprint density at radius 3 is 2.70 bits per heavy atom. The molecule has 3 rings (SSSR count). The van der Waals surface area contributed by atoms with E-state index in [0.29, 0.717) is 41.6 Å². The second kappa shape index (κ2) is 5.61. The van der Waals surface area contributed by atoms with E-state index in [2.05, 4.69) is 4.98 Å². The molecule has 0 saturated heterocycles. The molecule has 0 fully saturated rings. The maximum absolute atomic E-state index is 11.4. The zero-order valence-electron chi connectivity index (χ0n) is 11.2. The molecule has 0 aliphatic heterocycles. The SMILES string of the molecule is Nc1c2c(nc3ccccc13)CCCC2S(=O)(=O)[O-].[Na+]. The van der Waals surface area contributed by atoms with Crippen LogP contribution in [0.25, 0.3) is 10.9 Å². The monoisotopic (exact) mass is 300 g/mol. The molecule has 1 aromatic heterocycles. The van der Waals surface area contributed by atoms with Gasteiger partial charge in [-0.25, -0.2) is 8.42 Å². The molecule has 1 aromatic carbocycles. The summed E-state index contributed by atoms with van der Waals surface area (Å²) in [5.74, 6) is 0. The van der Waals surface area contributed by atoms with E-state index in [4.69, 9.17) is 5.73 Å². The smallest absolute Gasteiger partial charge is 0.747 e. The van der Waals surface area contributed by atoms with Crippen molar-refractivity contribution in [1.82, 2.24) is 4.98 Å². The second-order valence-electron chi connectivity index (χ2n) is 4.78. The summed E-state index contributed by atoms with van der Waals surface area (Å²) < 4.78 is 34.2. The van der Waals surface area contributed by atoms with Crippen LogP contribution in [0.2, 0.25) is 0 Å². The maximum Gasteiger partial charge on any atom is 1.00 e. The van der Waals surface area contributed by atoms with Gasteiger partial charge in [0.1, 0.15) is 10.1 Å². The number of hydrogen-bond acceptors (Lipinski definition) is 5. The molecule has 1 atom stereocenters. The minimum Gasteiger partial charge on any atom is -0.747 e. The third-order valence-corrected chi connectivity index (χ3v) is 4.77. The Morgan fingerprint density at radius 2 is 2.00 bits per heavy atom. The molecule has 1 unspecified atom stereocenters. The zero-order chi connectivity index (χ0) is 13.6. The molecule has 0 spiro atoms. The van der Waals surface area contributed by atoms with E-state index in [1.54, 1.807) is 6.07 Å². The van der Waals surface area contributed by atoms with Crippen molar-refractivity contribution in [1.29, 1.82) is 0 Å². The summed E-state index contributed by atoms with van der Waals surface area (Å²) in [5, 5.41) is -0.356. The number of nitrogens with two attached hydrogens (primary N) is 1. The summed E-state index contributed by atoms with van der Waals surface area (Å²) in [6, 6.07) is 7.30. The Morgan fingerprint density at radius 1 is 1.30 bits per heavy atom. The molecule has 20 heavy (non-hydrogen) atoms. The van der Waals surface area contributed by atoms with Gasteiger partial charge in [0.25, 0.3) is 0 Å². The first-order valence-electron chi connectivity index (χ1n) is 6.10. The van der Waals surface area contributed by atoms with E-state index < -0.39 is 15.4 Å². The molecule has 2 N–H and O–H groups in total. The van der Waals surface area contributed by atoms with Crippen molar-refractivity contribution in [2.24, 2.45) is 0 Å². The number of benzene rings is 1.